The van der Waals surface area contributed by atoms with Crippen LogP contribution in [0.2, 0.25) is 0 Å². The standard InChI is InChI=1S/C14H22N2O2/c1-3-16(10-12-6-4-9-18-12)13(17)14(2)7-5-8-15-11-14/h4,6,9,15H,3,5,7-8,10-11H2,1-2H3. The maximum Gasteiger partial charge on any atom is 0.230 e. The lowest BCUT2D eigenvalue weighted by molar-refractivity contribution is -0.143. The number of carbonyl (C=O) groups excluding carboxylic acids is 1. The van der Waals surface area contributed by atoms with Gasteiger partial charge in [-0.05, 0) is 45.4 Å². The average molecular weight is 250 g/mol. The first-order valence-corrected chi connectivity index (χ1v) is 6.68. The summed E-state index contributed by atoms with van der Waals surface area (Å²) in [6.07, 6.45) is 3.69. The lowest BCUT2D eigenvalue weighted by Gasteiger charge is -2.36. The van der Waals surface area contributed by atoms with Gasteiger partial charge in [-0.1, -0.05) is 0 Å². The summed E-state index contributed by atoms with van der Waals surface area (Å²) in [6, 6.07) is 3.77. The summed E-state index contributed by atoms with van der Waals surface area (Å²) in [7, 11) is 0. The van der Waals surface area contributed by atoms with Crippen molar-refractivity contribution in [3.05, 3.63) is 24.2 Å². The van der Waals surface area contributed by atoms with E-state index in [4.69, 9.17) is 4.42 Å². The molecular formula is C14H22N2O2. The van der Waals surface area contributed by atoms with Gasteiger partial charge >= 0.3 is 0 Å². The lowest BCUT2D eigenvalue weighted by atomic mass is 9.81. The second-order valence-corrected chi connectivity index (χ2v) is 5.24. The van der Waals surface area contributed by atoms with Gasteiger partial charge in [0.1, 0.15) is 5.76 Å². The molecule has 100 valence electrons. The fourth-order valence-corrected chi connectivity index (χ4v) is 2.54. The van der Waals surface area contributed by atoms with E-state index in [1.54, 1.807) is 6.26 Å². The highest BCUT2D eigenvalue weighted by Crippen LogP contribution is 2.28. The van der Waals surface area contributed by atoms with E-state index in [1.165, 1.54) is 0 Å². The van der Waals surface area contributed by atoms with Crippen LogP contribution in [0, 0.1) is 5.41 Å². The highest BCUT2D eigenvalue weighted by molar-refractivity contribution is 5.82. The average Bonchev–Trinajstić information content (AvgIpc) is 2.89. The quantitative estimate of drug-likeness (QED) is 0.889. The number of nitrogens with one attached hydrogen (secondary N) is 1. The van der Waals surface area contributed by atoms with Crippen LogP contribution >= 0.6 is 0 Å². The van der Waals surface area contributed by atoms with Gasteiger partial charge < -0.3 is 14.6 Å². The number of hydrogen-bond donors (Lipinski definition) is 1. The van der Waals surface area contributed by atoms with Crippen LogP contribution < -0.4 is 5.32 Å². The van der Waals surface area contributed by atoms with Crippen molar-refractivity contribution in [2.75, 3.05) is 19.6 Å². The third-order valence-corrected chi connectivity index (χ3v) is 3.71. The summed E-state index contributed by atoms with van der Waals surface area (Å²) in [5.41, 5.74) is -0.263. The van der Waals surface area contributed by atoms with E-state index in [9.17, 15) is 4.79 Å². The van der Waals surface area contributed by atoms with Gasteiger partial charge in [0.25, 0.3) is 0 Å². The Bertz CT molecular complexity index is 381. The van der Waals surface area contributed by atoms with Crippen LogP contribution in [0.4, 0.5) is 0 Å². The molecule has 2 heterocycles. The second kappa shape index (κ2) is 5.57. The predicted octanol–water partition coefficient (Wildman–Crippen LogP) is 2.02. The van der Waals surface area contributed by atoms with Crippen molar-refractivity contribution in [2.24, 2.45) is 5.41 Å². The fourth-order valence-electron chi connectivity index (χ4n) is 2.54. The molecular weight excluding hydrogens is 228 g/mol. The largest absolute Gasteiger partial charge is 0.467 e. The van der Waals surface area contributed by atoms with Crippen molar-refractivity contribution in [1.29, 1.82) is 0 Å². The van der Waals surface area contributed by atoms with Crippen molar-refractivity contribution in [3.8, 4) is 0 Å². The Kier molecular flexibility index (Phi) is 4.07. The van der Waals surface area contributed by atoms with Gasteiger partial charge in [-0.3, -0.25) is 4.79 Å². The molecule has 4 nitrogen and oxygen atoms in total. The summed E-state index contributed by atoms with van der Waals surface area (Å²) in [5, 5.41) is 3.32. The Morgan fingerprint density at radius 1 is 1.61 bits per heavy atom. The lowest BCUT2D eigenvalue weighted by Crippen LogP contribution is -2.50. The molecule has 0 saturated carbocycles. The first kappa shape index (κ1) is 13.1. The molecule has 1 aromatic rings. The molecule has 18 heavy (non-hydrogen) atoms. The zero-order valence-corrected chi connectivity index (χ0v) is 11.2. The summed E-state index contributed by atoms with van der Waals surface area (Å²) < 4.78 is 5.33. The van der Waals surface area contributed by atoms with E-state index in [0.717, 1.165) is 38.2 Å². The Morgan fingerprint density at radius 2 is 2.44 bits per heavy atom. The van der Waals surface area contributed by atoms with Crippen LogP contribution in [0.5, 0.6) is 0 Å². The number of amides is 1. The first-order valence-electron chi connectivity index (χ1n) is 6.68. The van der Waals surface area contributed by atoms with Crippen LogP contribution in [-0.2, 0) is 11.3 Å². The molecule has 0 aromatic carbocycles. The van der Waals surface area contributed by atoms with E-state index in [-0.39, 0.29) is 11.3 Å². The predicted molar refractivity (Wildman–Crippen MR) is 70.0 cm³/mol. The minimum absolute atomic E-state index is 0.230. The van der Waals surface area contributed by atoms with Crippen molar-refractivity contribution in [2.45, 2.75) is 33.2 Å². The zero-order valence-electron chi connectivity index (χ0n) is 11.2. The maximum atomic E-state index is 12.6. The van der Waals surface area contributed by atoms with Gasteiger partial charge in [-0.15, -0.1) is 0 Å². The number of nitrogens with zero attached hydrogens (tertiary/aromatic N) is 1. The fraction of sp³-hybridized carbons (Fsp3) is 0.643. The van der Waals surface area contributed by atoms with Crippen LogP contribution in [0.15, 0.2) is 22.8 Å². The normalized spacial score (nSPS) is 23.9. The summed E-state index contributed by atoms with van der Waals surface area (Å²) in [6.45, 7) is 7.16. The van der Waals surface area contributed by atoms with Gasteiger partial charge in [0.2, 0.25) is 5.91 Å². The van der Waals surface area contributed by atoms with E-state index in [1.807, 2.05) is 24.0 Å². The smallest absolute Gasteiger partial charge is 0.230 e. The van der Waals surface area contributed by atoms with Crippen LogP contribution in [0.3, 0.4) is 0 Å². The van der Waals surface area contributed by atoms with Gasteiger partial charge in [0.05, 0.1) is 18.2 Å². The Balaban J connectivity index is 2.04. The molecule has 0 aliphatic carbocycles. The summed E-state index contributed by atoms with van der Waals surface area (Å²) in [4.78, 5) is 14.5. The highest BCUT2D eigenvalue weighted by atomic mass is 16.3. The van der Waals surface area contributed by atoms with Gasteiger partial charge in [0, 0.05) is 13.1 Å². The molecule has 1 saturated heterocycles. The molecule has 0 bridgehead atoms. The van der Waals surface area contributed by atoms with Gasteiger partial charge in [-0.2, -0.15) is 0 Å². The molecule has 2 rings (SSSR count). The molecule has 1 aromatic heterocycles. The van der Waals surface area contributed by atoms with Crippen LogP contribution in [0.25, 0.3) is 0 Å². The molecule has 1 unspecified atom stereocenters. The van der Waals surface area contributed by atoms with E-state index >= 15 is 0 Å². The highest BCUT2D eigenvalue weighted by Gasteiger charge is 2.37. The second-order valence-electron chi connectivity index (χ2n) is 5.24. The molecule has 1 fully saturated rings. The third kappa shape index (κ3) is 2.75. The number of hydrogen-bond acceptors (Lipinski definition) is 3. The molecule has 1 aliphatic heterocycles. The molecule has 1 amide bonds. The van der Waals surface area contributed by atoms with Crippen molar-refractivity contribution in [1.82, 2.24) is 10.2 Å². The minimum Gasteiger partial charge on any atom is -0.467 e. The Morgan fingerprint density at radius 3 is 3.00 bits per heavy atom. The SMILES string of the molecule is CCN(Cc1ccco1)C(=O)C1(C)CCCNC1. The molecule has 0 radical (unpaired) electrons. The molecule has 0 spiro atoms. The molecule has 1 atom stereocenters. The van der Waals surface area contributed by atoms with E-state index in [0.29, 0.717) is 6.54 Å². The third-order valence-electron chi connectivity index (χ3n) is 3.71. The summed E-state index contributed by atoms with van der Waals surface area (Å²) >= 11 is 0. The van der Waals surface area contributed by atoms with E-state index < -0.39 is 0 Å². The van der Waals surface area contributed by atoms with Crippen molar-refractivity contribution >= 4 is 5.91 Å². The number of piperidine rings is 1. The summed E-state index contributed by atoms with van der Waals surface area (Å²) in [5.74, 6) is 1.08. The van der Waals surface area contributed by atoms with Crippen molar-refractivity contribution in [3.63, 3.8) is 0 Å². The number of furan rings is 1. The maximum absolute atomic E-state index is 12.6. The molecule has 4 heteroatoms. The van der Waals surface area contributed by atoms with E-state index in [2.05, 4.69) is 12.2 Å². The van der Waals surface area contributed by atoms with Crippen LogP contribution in [0.1, 0.15) is 32.4 Å². The van der Waals surface area contributed by atoms with Gasteiger partial charge in [-0.25, -0.2) is 0 Å². The molecule has 1 N–H and O–H groups in total. The minimum atomic E-state index is -0.263. The monoisotopic (exact) mass is 250 g/mol. The number of carbonyl (C=O) groups is 1. The Hall–Kier alpha value is -1.29. The van der Waals surface area contributed by atoms with Gasteiger partial charge in [0.15, 0.2) is 0 Å². The topological polar surface area (TPSA) is 45.5 Å². The van der Waals surface area contributed by atoms with Crippen molar-refractivity contribution < 1.29 is 9.21 Å². The number of rotatable bonds is 4. The molecule has 1 aliphatic rings. The Labute approximate surface area is 108 Å². The first-order chi connectivity index (χ1) is 8.65. The van der Waals surface area contributed by atoms with Crippen LogP contribution in [-0.4, -0.2) is 30.4 Å². The zero-order chi connectivity index (χ0) is 13.0.